The average Bonchev–Trinajstić information content (AvgIpc) is 3.27. The van der Waals surface area contributed by atoms with Crippen molar-refractivity contribution in [2.75, 3.05) is 0 Å². The van der Waals surface area contributed by atoms with Gasteiger partial charge in [-0.1, -0.05) is 41.9 Å². The molecule has 3 aromatic heterocycles. The van der Waals surface area contributed by atoms with Crippen LogP contribution in [0.1, 0.15) is 32.7 Å². The average molecular weight is 484 g/mol. The highest BCUT2D eigenvalue weighted by Gasteiger charge is 2.11. The molecule has 1 amide bonds. The van der Waals surface area contributed by atoms with Crippen molar-refractivity contribution >= 4 is 28.4 Å². The van der Waals surface area contributed by atoms with Crippen molar-refractivity contribution in [3.63, 3.8) is 0 Å². The zero-order chi connectivity index (χ0) is 24.2. The summed E-state index contributed by atoms with van der Waals surface area (Å²) in [5.74, 6) is -0.215. The summed E-state index contributed by atoms with van der Waals surface area (Å²) in [6.07, 6.45) is 5.74. The number of hydrogen-bond donors (Lipinski definition) is 2. The van der Waals surface area contributed by atoms with Gasteiger partial charge < -0.3 is 9.88 Å². The summed E-state index contributed by atoms with van der Waals surface area (Å²) in [5, 5.41) is 11.7. The van der Waals surface area contributed by atoms with E-state index in [0.29, 0.717) is 23.6 Å². The van der Waals surface area contributed by atoms with Gasteiger partial charge in [-0.15, -0.1) is 0 Å². The summed E-state index contributed by atoms with van der Waals surface area (Å²) in [5.41, 5.74) is 5.11. The molecule has 2 N–H and O–H groups in total. The molecule has 5 rings (SSSR count). The van der Waals surface area contributed by atoms with Gasteiger partial charge in [0.05, 0.1) is 29.9 Å². The van der Waals surface area contributed by atoms with Crippen molar-refractivity contribution in [1.29, 1.82) is 0 Å². The van der Waals surface area contributed by atoms with E-state index in [-0.39, 0.29) is 18.0 Å². The summed E-state index contributed by atoms with van der Waals surface area (Å²) in [6.45, 7) is 0.812. The minimum absolute atomic E-state index is 0.0254. The number of benzene rings is 2. The molecule has 0 fully saturated rings. The highest BCUT2D eigenvalue weighted by Crippen LogP contribution is 2.20. The Bertz CT molecular complexity index is 1560. The van der Waals surface area contributed by atoms with Gasteiger partial charge in [-0.05, 0) is 53.4 Å². The van der Waals surface area contributed by atoms with Gasteiger partial charge in [0, 0.05) is 35.1 Å². The molecule has 8 heteroatoms. The maximum Gasteiger partial charge on any atom is 0.253 e. The molecule has 3 heterocycles. The lowest BCUT2D eigenvalue weighted by Gasteiger charge is -2.08. The molecule has 35 heavy (non-hydrogen) atoms. The highest BCUT2D eigenvalue weighted by molar-refractivity contribution is 6.31. The van der Waals surface area contributed by atoms with Gasteiger partial charge in [-0.25, -0.2) is 0 Å². The molecule has 174 valence electrons. The van der Waals surface area contributed by atoms with E-state index in [1.54, 1.807) is 47.4 Å². The number of fused-ring (bicyclic) bond motifs is 1. The van der Waals surface area contributed by atoms with E-state index in [2.05, 4.69) is 20.5 Å². The monoisotopic (exact) mass is 483 g/mol. The summed E-state index contributed by atoms with van der Waals surface area (Å²) in [4.78, 5) is 28.9. The van der Waals surface area contributed by atoms with E-state index in [9.17, 15) is 9.59 Å². The lowest BCUT2D eigenvalue weighted by Crippen LogP contribution is -2.23. The molecule has 7 nitrogen and oxygen atoms in total. The second-order valence-electron chi connectivity index (χ2n) is 8.28. The molecule has 0 bridgehead atoms. The van der Waals surface area contributed by atoms with Gasteiger partial charge in [0.25, 0.3) is 11.5 Å². The number of nitrogens with one attached hydrogen (secondary N) is 2. The second-order valence-corrected chi connectivity index (χ2v) is 8.72. The Morgan fingerprint density at radius 3 is 2.63 bits per heavy atom. The van der Waals surface area contributed by atoms with E-state index in [1.807, 2.05) is 42.5 Å². The van der Waals surface area contributed by atoms with Gasteiger partial charge in [-0.3, -0.25) is 19.7 Å². The Kier molecular flexibility index (Phi) is 6.41. The first kappa shape index (κ1) is 22.6. The fourth-order valence-corrected chi connectivity index (χ4v) is 4.12. The van der Waals surface area contributed by atoms with Crippen LogP contribution in [0.3, 0.4) is 0 Å². The smallest absolute Gasteiger partial charge is 0.253 e. The zero-order valence-corrected chi connectivity index (χ0v) is 19.5. The molecule has 0 aliphatic heterocycles. The Morgan fingerprint density at radius 1 is 0.971 bits per heavy atom. The predicted molar refractivity (Wildman–Crippen MR) is 136 cm³/mol. The molecule has 5 aromatic rings. The van der Waals surface area contributed by atoms with Gasteiger partial charge >= 0.3 is 0 Å². The quantitative estimate of drug-likeness (QED) is 0.360. The summed E-state index contributed by atoms with van der Waals surface area (Å²) in [7, 11) is 0. The minimum atomic E-state index is -0.215. The largest absolute Gasteiger partial charge is 0.346 e. The van der Waals surface area contributed by atoms with Crippen LogP contribution in [0.2, 0.25) is 5.02 Å². The molecule has 0 aliphatic rings. The van der Waals surface area contributed by atoms with E-state index in [4.69, 9.17) is 11.6 Å². The van der Waals surface area contributed by atoms with Crippen molar-refractivity contribution in [1.82, 2.24) is 25.1 Å². The highest BCUT2D eigenvalue weighted by atomic mass is 35.5. The van der Waals surface area contributed by atoms with Gasteiger partial charge in [0.2, 0.25) is 0 Å². The van der Waals surface area contributed by atoms with Gasteiger partial charge in [0.15, 0.2) is 0 Å². The third kappa shape index (κ3) is 5.31. The van der Waals surface area contributed by atoms with Crippen molar-refractivity contribution in [3.05, 3.63) is 129 Å². The van der Waals surface area contributed by atoms with Crippen molar-refractivity contribution in [2.24, 2.45) is 0 Å². The maximum atomic E-state index is 12.7. The third-order valence-electron chi connectivity index (χ3n) is 5.76. The SMILES string of the molecule is O=C(NCc1n[nH]c2cc(Cl)ccc12)c1cncc(Cc2ccc(Cn3ccccc3=O)cc2)c1. The summed E-state index contributed by atoms with van der Waals surface area (Å²) < 4.78 is 1.67. The number of carbonyl (C=O) groups is 1. The van der Waals surface area contributed by atoms with Crippen LogP contribution in [0.25, 0.3) is 10.9 Å². The van der Waals surface area contributed by atoms with Crippen molar-refractivity contribution in [2.45, 2.75) is 19.5 Å². The van der Waals surface area contributed by atoms with Crippen LogP contribution in [-0.2, 0) is 19.5 Å². The Balaban J connectivity index is 1.22. The lowest BCUT2D eigenvalue weighted by atomic mass is 10.0. The van der Waals surface area contributed by atoms with E-state index < -0.39 is 0 Å². The molecule has 0 saturated carbocycles. The number of rotatable bonds is 7. The summed E-state index contributed by atoms with van der Waals surface area (Å²) in [6, 6.07) is 20.6. The zero-order valence-electron chi connectivity index (χ0n) is 18.7. The van der Waals surface area contributed by atoms with Crippen LogP contribution in [0.5, 0.6) is 0 Å². The van der Waals surface area contributed by atoms with Crippen LogP contribution in [0, 0.1) is 0 Å². The third-order valence-corrected chi connectivity index (χ3v) is 6.00. The molecule has 2 aromatic carbocycles. The van der Waals surface area contributed by atoms with Crippen molar-refractivity contribution in [3.8, 4) is 0 Å². The first-order valence-electron chi connectivity index (χ1n) is 11.1. The molecule has 0 aliphatic carbocycles. The standard InChI is InChI=1S/C27H22ClN5O2/c28-22-8-9-23-24(13-22)31-32-25(23)16-30-27(35)21-12-20(14-29-15-21)11-18-4-6-19(7-5-18)17-33-10-2-1-3-26(33)34/h1-10,12-15H,11,16-17H2,(H,30,35)(H,31,32). The molecular weight excluding hydrogens is 462 g/mol. The normalized spacial score (nSPS) is 11.0. The molecule has 0 atom stereocenters. The molecule has 0 saturated heterocycles. The molecule has 0 unspecified atom stereocenters. The Hall–Kier alpha value is -4.23. The number of aromatic amines is 1. The maximum absolute atomic E-state index is 12.7. The minimum Gasteiger partial charge on any atom is -0.346 e. The van der Waals surface area contributed by atoms with Crippen LogP contribution < -0.4 is 10.9 Å². The Labute approximate surface area is 206 Å². The first-order valence-corrected chi connectivity index (χ1v) is 11.5. The van der Waals surface area contributed by atoms with Crippen LogP contribution in [0.4, 0.5) is 0 Å². The van der Waals surface area contributed by atoms with Gasteiger partial charge in [0.1, 0.15) is 0 Å². The lowest BCUT2D eigenvalue weighted by molar-refractivity contribution is 0.0950. The Morgan fingerprint density at radius 2 is 1.80 bits per heavy atom. The van der Waals surface area contributed by atoms with E-state index in [1.165, 1.54) is 0 Å². The fourth-order valence-electron chi connectivity index (χ4n) is 3.94. The van der Waals surface area contributed by atoms with Crippen LogP contribution in [-0.4, -0.2) is 25.7 Å². The predicted octanol–water partition coefficient (Wildman–Crippen LogP) is 4.34. The number of hydrogen-bond acceptors (Lipinski definition) is 4. The van der Waals surface area contributed by atoms with Gasteiger partial charge in [-0.2, -0.15) is 5.10 Å². The fraction of sp³-hybridized carbons (Fsp3) is 0.111. The number of amides is 1. The van der Waals surface area contributed by atoms with Crippen molar-refractivity contribution < 1.29 is 4.79 Å². The number of H-pyrrole nitrogens is 1. The number of pyridine rings is 2. The second kappa shape index (κ2) is 9.95. The number of nitrogens with zero attached hydrogens (tertiary/aromatic N) is 3. The molecule has 0 radical (unpaired) electrons. The van der Waals surface area contributed by atoms with Crippen LogP contribution in [0.15, 0.2) is 90.1 Å². The summed E-state index contributed by atoms with van der Waals surface area (Å²) >= 11 is 6.02. The van der Waals surface area contributed by atoms with E-state index >= 15 is 0 Å². The topological polar surface area (TPSA) is 92.7 Å². The molecular formula is C27H22ClN5O2. The number of halogens is 1. The molecule has 0 spiro atoms. The van der Waals surface area contributed by atoms with Crippen LogP contribution >= 0.6 is 11.6 Å². The number of aromatic nitrogens is 4. The van der Waals surface area contributed by atoms with E-state index in [0.717, 1.165) is 33.3 Å². The first-order chi connectivity index (χ1) is 17.0. The number of carbonyl (C=O) groups excluding carboxylic acids is 1.